The summed E-state index contributed by atoms with van der Waals surface area (Å²) in [6.07, 6.45) is 0. The van der Waals surface area contributed by atoms with Crippen LogP contribution >= 0.6 is 0 Å². The predicted octanol–water partition coefficient (Wildman–Crippen LogP) is 2.93. The summed E-state index contributed by atoms with van der Waals surface area (Å²) in [5.74, 6) is -0.390. The number of hydrogen-bond acceptors (Lipinski definition) is 4. The van der Waals surface area contributed by atoms with Crippen molar-refractivity contribution in [2.45, 2.75) is 25.7 Å². The molecule has 0 saturated heterocycles. The summed E-state index contributed by atoms with van der Waals surface area (Å²) in [6.45, 7) is 6.30. The minimum absolute atomic E-state index is 0.0528. The molecule has 0 fully saturated rings. The van der Waals surface area contributed by atoms with Crippen molar-refractivity contribution in [3.05, 3.63) is 54.1 Å². The average molecular weight is 389 g/mol. The van der Waals surface area contributed by atoms with E-state index in [-0.39, 0.29) is 16.7 Å². The first kappa shape index (κ1) is 20.4. The molecule has 144 valence electrons. The van der Waals surface area contributed by atoms with E-state index in [0.29, 0.717) is 30.0 Å². The summed E-state index contributed by atoms with van der Waals surface area (Å²) >= 11 is 0. The molecule has 2 N–H and O–H groups in total. The third kappa shape index (κ3) is 5.30. The largest absolute Gasteiger partial charge is 0.339 e. The van der Waals surface area contributed by atoms with Crippen LogP contribution in [-0.4, -0.2) is 38.2 Å². The van der Waals surface area contributed by atoms with E-state index >= 15 is 0 Å². The molecule has 2 aromatic carbocycles. The van der Waals surface area contributed by atoms with E-state index in [1.54, 1.807) is 23.1 Å². The highest BCUT2D eigenvalue weighted by Gasteiger charge is 2.17. The van der Waals surface area contributed by atoms with Gasteiger partial charge in [-0.1, -0.05) is 6.07 Å². The highest BCUT2D eigenvalue weighted by molar-refractivity contribution is 7.92. The molecule has 0 radical (unpaired) electrons. The lowest BCUT2D eigenvalue weighted by molar-refractivity contribution is -0.114. The van der Waals surface area contributed by atoms with Crippen LogP contribution in [0.15, 0.2) is 53.4 Å². The first-order valence-electron chi connectivity index (χ1n) is 8.56. The van der Waals surface area contributed by atoms with Gasteiger partial charge >= 0.3 is 0 Å². The van der Waals surface area contributed by atoms with Crippen molar-refractivity contribution in [2.75, 3.05) is 23.1 Å². The molecule has 0 heterocycles. The van der Waals surface area contributed by atoms with Gasteiger partial charge in [0, 0.05) is 37.0 Å². The van der Waals surface area contributed by atoms with Crippen molar-refractivity contribution >= 4 is 33.2 Å². The first-order chi connectivity index (χ1) is 12.8. The van der Waals surface area contributed by atoms with E-state index in [9.17, 15) is 18.0 Å². The smallest absolute Gasteiger partial charge is 0.261 e. The third-order valence-electron chi connectivity index (χ3n) is 3.90. The van der Waals surface area contributed by atoms with Crippen molar-refractivity contribution in [2.24, 2.45) is 0 Å². The molecule has 2 aromatic rings. The number of benzene rings is 2. The van der Waals surface area contributed by atoms with Gasteiger partial charge in [0.05, 0.1) is 4.90 Å². The molecule has 0 aromatic heterocycles. The lowest BCUT2D eigenvalue weighted by atomic mass is 10.2. The van der Waals surface area contributed by atoms with E-state index < -0.39 is 10.0 Å². The Morgan fingerprint density at radius 2 is 1.59 bits per heavy atom. The second kappa shape index (κ2) is 8.68. The molecule has 27 heavy (non-hydrogen) atoms. The fourth-order valence-electron chi connectivity index (χ4n) is 2.54. The van der Waals surface area contributed by atoms with E-state index in [0.717, 1.165) is 0 Å². The fourth-order valence-corrected chi connectivity index (χ4v) is 3.59. The normalized spacial score (nSPS) is 10.9. The van der Waals surface area contributed by atoms with Crippen molar-refractivity contribution < 1.29 is 18.0 Å². The van der Waals surface area contributed by atoms with Crippen LogP contribution in [0.4, 0.5) is 11.4 Å². The molecular formula is C19H23N3O4S. The maximum atomic E-state index is 12.6. The maximum absolute atomic E-state index is 12.6. The molecule has 7 nitrogen and oxygen atoms in total. The highest BCUT2D eigenvalue weighted by Crippen LogP contribution is 2.20. The summed E-state index contributed by atoms with van der Waals surface area (Å²) < 4.78 is 27.6. The predicted molar refractivity (Wildman–Crippen MR) is 105 cm³/mol. The van der Waals surface area contributed by atoms with Crippen molar-refractivity contribution in [1.82, 2.24) is 4.90 Å². The van der Waals surface area contributed by atoms with E-state index in [4.69, 9.17) is 0 Å². The summed E-state index contributed by atoms with van der Waals surface area (Å²) in [5.41, 5.74) is 1.23. The lowest BCUT2D eigenvalue weighted by Crippen LogP contribution is -2.30. The van der Waals surface area contributed by atoms with Gasteiger partial charge in [-0.3, -0.25) is 14.3 Å². The second-order valence-corrected chi connectivity index (χ2v) is 7.55. The average Bonchev–Trinajstić information content (AvgIpc) is 2.62. The molecule has 8 heteroatoms. The zero-order valence-corrected chi connectivity index (χ0v) is 16.3. The van der Waals surface area contributed by atoms with Gasteiger partial charge < -0.3 is 10.2 Å². The molecule has 0 atom stereocenters. The number of carbonyl (C=O) groups excluding carboxylic acids is 2. The van der Waals surface area contributed by atoms with Crippen LogP contribution in [-0.2, 0) is 14.8 Å². The van der Waals surface area contributed by atoms with Gasteiger partial charge in [0.25, 0.3) is 15.9 Å². The summed E-state index contributed by atoms with van der Waals surface area (Å²) in [7, 11) is -3.82. The topological polar surface area (TPSA) is 95.6 Å². The number of anilines is 2. The number of rotatable bonds is 7. The molecule has 0 bridgehead atoms. The number of nitrogens with one attached hydrogen (secondary N) is 2. The Morgan fingerprint density at radius 3 is 2.15 bits per heavy atom. The van der Waals surface area contributed by atoms with Gasteiger partial charge in [0.1, 0.15) is 0 Å². The van der Waals surface area contributed by atoms with E-state index in [2.05, 4.69) is 10.0 Å². The Morgan fingerprint density at radius 1 is 0.963 bits per heavy atom. The summed E-state index contributed by atoms with van der Waals surface area (Å²) in [6, 6.07) is 12.2. The van der Waals surface area contributed by atoms with Gasteiger partial charge in [0.2, 0.25) is 5.91 Å². The van der Waals surface area contributed by atoms with Gasteiger partial charge in [-0.25, -0.2) is 8.42 Å². The van der Waals surface area contributed by atoms with Gasteiger partial charge in [-0.15, -0.1) is 0 Å². The maximum Gasteiger partial charge on any atom is 0.261 e. The Hall–Kier alpha value is -2.87. The lowest BCUT2D eigenvalue weighted by Gasteiger charge is -2.19. The Bertz CT molecular complexity index is 920. The Labute approximate surface area is 159 Å². The number of hydrogen-bond donors (Lipinski definition) is 2. The van der Waals surface area contributed by atoms with Crippen LogP contribution in [0.25, 0.3) is 0 Å². The number of sulfonamides is 1. The molecule has 0 saturated carbocycles. The molecule has 2 amide bonds. The van der Waals surface area contributed by atoms with Crippen molar-refractivity contribution in [3.63, 3.8) is 0 Å². The summed E-state index contributed by atoms with van der Waals surface area (Å²) in [5, 5.41) is 2.58. The fraction of sp³-hybridized carbons (Fsp3) is 0.263. The number of nitrogens with zero attached hydrogens (tertiary/aromatic N) is 1. The van der Waals surface area contributed by atoms with Gasteiger partial charge in [-0.2, -0.15) is 0 Å². The third-order valence-corrected chi connectivity index (χ3v) is 5.29. The SMILES string of the molecule is CCN(CC)C(=O)c1cccc(NS(=O)(=O)c2ccc(NC(C)=O)cc2)c1. The molecule has 0 spiro atoms. The zero-order chi connectivity index (χ0) is 20.0. The van der Waals surface area contributed by atoms with Crippen molar-refractivity contribution in [3.8, 4) is 0 Å². The number of amides is 2. The quantitative estimate of drug-likeness (QED) is 0.761. The van der Waals surface area contributed by atoms with Crippen LogP contribution in [0.1, 0.15) is 31.1 Å². The second-order valence-electron chi connectivity index (χ2n) is 5.87. The minimum atomic E-state index is -3.82. The van der Waals surface area contributed by atoms with Crippen LogP contribution in [0.2, 0.25) is 0 Å². The van der Waals surface area contributed by atoms with E-state index in [1.165, 1.54) is 37.3 Å². The zero-order valence-electron chi connectivity index (χ0n) is 15.5. The van der Waals surface area contributed by atoms with Crippen LogP contribution in [0, 0.1) is 0 Å². The van der Waals surface area contributed by atoms with Crippen LogP contribution < -0.4 is 10.0 Å². The first-order valence-corrected chi connectivity index (χ1v) is 10.0. The molecule has 0 aliphatic heterocycles. The highest BCUT2D eigenvalue weighted by atomic mass is 32.2. The molecule has 0 aliphatic rings. The van der Waals surface area contributed by atoms with Crippen LogP contribution in [0.3, 0.4) is 0 Å². The molecule has 0 aliphatic carbocycles. The van der Waals surface area contributed by atoms with Crippen LogP contribution in [0.5, 0.6) is 0 Å². The molecule has 0 unspecified atom stereocenters. The standard InChI is InChI=1S/C19H23N3O4S/c1-4-22(5-2)19(24)15-7-6-8-17(13-15)21-27(25,26)18-11-9-16(10-12-18)20-14(3)23/h6-13,21H,4-5H2,1-3H3,(H,20,23). The Balaban J connectivity index is 2.21. The van der Waals surface area contributed by atoms with Crippen molar-refractivity contribution in [1.29, 1.82) is 0 Å². The summed E-state index contributed by atoms with van der Waals surface area (Å²) in [4.78, 5) is 25.2. The van der Waals surface area contributed by atoms with Gasteiger partial charge in [0.15, 0.2) is 0 Å². The van der Waals surface area contributed by atoms with Gasteiger partial charge in [-0.05, 0) is 56.3 Å². The minimum Gasteiger partial charge on any atom is -0.339 e. The number of carbonyl (C=O) groups is 2. The van der Waals surface area contributed by atoms with E-state index in [1.807, 2.05) is 13.8 Å². The molecule has 2 rings (SSSR count). The Kier molecular flexibility index (Phi) is 6.57. The molecular weight excluding hydrogens is 366 g/mol. The monoisotopic (exact) mass is 389 g/mol.